The molecule has 82 valence electrons. The SMILES string of the molecule is Cn1nccc1NCC1CC2CCC1N2. The van der Waals surface area contributed by atoms with Crippen LogP contribution in [0.3, 0.4) is 0 Å². The van der Waals surface area contributed by atoms with Crippen molar-refractivity contribution in [3.05, 3.63) is 12.3 Å². The smallest absolute Gasteiger partial charge is 0.123 e. The number of nitrogens with zero attached hydrogens (tertiary/aromatic N) is 2. The van der Waals surface area contributed by atoms with E-state index in [2.05, 4.69) is 15.7 Å². The fourth-order valence-corrected chi connectivity index (χ4v) is 2.95. The molecule has 4 nitrogen and oxygen atoms in total. The van der Waals surface area contributed by atoms with E-state index in [4.69, 9.17) is 0 Å². The van der Waals surface area contributed by atoms with E-state index in [0.717, 1.165) is 30.4 Å². The van der Waals surface area contributed by atoms with Gasteiger partial charge in [0.05, 0.1) is 6.20 Å². The number of hydrogen-bond donors (Lipinski definition) is 2. The number of aryl methyl sites for hydroxylation is 1. The summed E-state index contributed by atoms with van der Waals surface area (Å²) >= 11 is 0. The lowest BCUT2D eigenvalue weighted by molar-refractivity contribution is 0.423. The molecular weight excluding hydrogens is 188 g/mol. The predicted octanol–water partition coefficient (Wildman–Crippen LogP) is 0.972. The van der Waals surface area contributed by atoms with Gasteiger partial charge in [-0.3, -0.25) is 4.68 Å². The van der Waals surface area contributed by atoms with Crippen LogP contribution in [0.25, 0.3) is 0 Å². The number of anilines is 1. The number of rotatable bonds is 3. The largest absolute Gasteiger partial charge is 0.370 e. The van der Waals surface area contributed by atoms with Crippen LogP contribution in [-0.4, -0.2) is 28.4 Å². The molecule has 1 aromatic rings. The first-order valence-electron chi connectivity index (χ1n) is 5.81. The van der Waals surface area contributed by atoms with Gasteiger partial charge in [0.15, 0.2) is 0 Å². The van der Waals surface area contributed by atoms with Crippen LogP contribution in [0.1, 0.15) is 19.3 Å². The van der Waals surface area contributed by atoms with Crippen LogP contribution < -0.4 is 10.6 Å². The van der Waals surface area contributed by atoms with Crippen molar-refractivity contribution in [2.45, 2.75) is 31.3 Å². The molecule has 0 radical (unpaired) electrons. The maximum absolute atomic E-state index is 4.15. The van der Waals surface area contributed by atoms with E-state index in [1.807, 2.05) is 24.0 Å². The van der Waals surface area contributed by atoms with Gasteiger partial charge in [-0.2, -0.15) is 5.10 Å². The number of aromatic nitrogens is 2. The van der Waals surface area contributed by atoms with Gasteiger partial charge in [-0.25, -0.2) is 0 Å². The van der Waals surface area contributed by atoms with Crippen molar-refractivity contribution in [3.8, 4) is 0 Å². The lowest BCUT2D eigenvalue weighted by Gasteiger charge is -2.20. The van der Waals surface area contributed by atoms with Gasteiger partial charge in [0, 0.05) is 31.7 Å². The number of fused-ring (bicyclic) bond motifs is 2. The highest BCUT2D eigenvalue weighted by atomic mass is 15.3. The first-order valence-corrected chi connectivity index (χ1v) is 5.81. The lowest BCUT2D eigenvalue weighted by Crippen LogP contribution is -2.28. The van der Waals surface area contributed by atoms with Gasteiger partial charge >= 0.3 is 0 Å². The van der Waals surface area contributed by atoms with E-state index in [-0.39, 0.29) is 0 Å². The van der Waals surface area contributed by atoms with E-state index in [1.54, 1.807) is 0 Å². The number of nitrogens with one attached hydrogen (secondary N) is 2. The highest BCUT2D eigenvalue weighted by molar-refractivity contribution is 5.33. The third kappa shape index (κ3) is 1.63. The van der Waals surface area contributed by atoms with Crippen molar-refractivity contribution in [1.29, 1.82) is 0 Å². The highest BCUT2D eigenvalue weighted by Crippen LogP contribution is 2.33. The zero-order chi connectivity index (χ0) is 10.3. The third-order valence-electron chi connectivity index (χ3n) is 3.80. The average molecular weight is 206 g/mol. The zero-order valence-corrected chi connectivity index (χ0v) is 9.11. The molecule has 0 aromatic carbocycles. The monoisotopic (exact) mass is 206 g/mol. The molecule has 3 rings (SSSR count). The minimum absolute atomic E-state index is 0.760. The lowest BCUT2D eigenvalue weighted by atomic mass is 9.89. The molecule has 3 atom stereocenters. The molecule has 2 bridgehead atoms. The standard InChI is InChI=1S/C11H18N4/c1-15-11(4-5-13-15)12-7-8-6-9-2-3-10(8)14-9/h4-5,8-10,12,14H,2-3,6-7H2,1H3. The van der Waals surface area contributed by atoms with Gasteiger partial charge in [-0.1, -0.05) is 0 Å². The normalized spacial score (nSPS) is 33.5. The van der Waals surface area contributed by atoms with Crippen molar-refractivity contribution in [2.75, 3.05) is 11.9 Å². The van der Waals surface area contributed by atoms with Crippen LogP contribution in [0.2, 0.25) is 0 Å². The zero-order valence-electron chi connectivity index (χ0n) is 9.11. The van der Waals surface area contributed by atoms with Crippen molar-refractivity contribution in [3.63, 3.8) is 0 Å². The first kappa shape index (κ1) is 9.21. The average Bonchev–Trinajstić information content (AvgIpc) is 2.90. The summed E-state index contributed by atoms with van der Waals surface area (Å²) in [6.45, 7) is 1.08. The Labute approximate surface area is 90.0 Å². The van der Waals surface area contributed by atoms with E-state index >= 15 is 0 Å². The molecular formula is C11H18N4. The van der Waals surface area contributed by atoms with Crippen molar-refractivity contribution >= 4 is 5.82 Å². The van der Waals surface area contributed by atoms with E-state index in [9.17, 15) is 0 Å². The Morgan fingerprint density at radius 3 is 3.13 bits per heavy atom. The van der Waals surface area contributed by atoms with Crippen molar-refractivity contribution in [1.82, 2.24) is 15.1 Å². The molecule has 15 heavy (non-hydrogen) atoms. The molecule has 1 aromatic heterocycles. The molecule has 2 aliphatic rings. The second kappa shape index (κ2) is 3.52. The fraction of sp³-hybridized carbons (Fsp3) is 0.727. The second-order valence-electron chi connectivity index (χ2n) is 4.76. The molecule has 2 N–H and O–H groups in total. The van der Waals surface area contributed by atoms with Gasteiger partial charge in [-0.15, -0.1) is 0 Å². The summed E-state index contributed by atoms with van der Waals surface area (Å²) in [7, 11) is 1.97. The summed E-state index contributed by atoms with van der Waals surface area (Å²) in [4.78, 5) is 0. The number of hydrogen-bond acceptors (Lipinski definition) is 3. The molecule has 4 heteroatoms. The predicted molar refractivity (Wildman–Crippen MR) is 59.8 cm³/mol. The Bertz CT molecular complexity index is 346. The molecule has 2 saturated heterocycles. The Morgan fingerprint density at radius 1 is 1.60 bits per heavy atom. The molecule has 0 saturated carbocycles. The highest BCUT2D eigenvalue weighted by Gasteiger charge is 2.38. The van der Waals surface area contributed by atoms with Crippen LogP contribution >= 0.6 is 0 Å². The van der Waals surface area contributed by atoms with Crippen LogP contribution in [0.15, 0.2) is 12.3 Å². The van der Waals surface area contributed by atoms with Gasteiger partial charge in [0.1, 0.15) is 5.82 Å². The summed E-state index contributed by atoms with van der Waals surface area (Å²) < 4.78 is 1.89. The summed E-state index contributed by atoms with van der Waals surface area (Å²) in [6, 6.07) is 3.59. The molecule has 2 aliphatic heterocycles. The molecule has 3 unspecified atom stereocenters. The minimum atomic E-state index is 0.760. The third-order valence-corrected chi connectivity index (χ3v) is 3.80. The summed E-state index contributed by atoms with van der Waals surface area (Å²) in [6.07, 6.45) is 5.92. The van der Waals surface area contributed by atoms with Crippen LogP contribution in [0, 0.1) is 5.92 Å². The van der Waals surface area contributed by atoms with Crippen LogP contribution in [-0.2, 0) is 7.05 Å². The summed E-state index contributed by atoms with van der Waals surface area (Å²) in [5, 5.41) is 11.3. The maximum atomic E-state index is 4.15. The summed E-state index contributed by atoms with van der Waals surface area (Å²) in [5.74, 6) is 1.93. The topological polar surface area (TPSA) is 41.9 Å². The molecule has 2 fully saturated rings. The minimum Gasteiger partial charge on any atom is -0.370 e. The van der Waals surface area contributed by atoms with E-state index in [0.29, 0.717) is 0 Å². The fourth-order valence-electron chi connectivity index (χ4n) is 2.95. The Morgan fingerprint density at radius 2 is 2.53 bits per heavy atom. The Hall–Kier alpha value is -1.03. The van der Waals surface area contributed by atoms with Crippen molar-refractivity contribution < 1.29 is 0 Å². The van der Waals surface area contributed by atoms with E-state index in [1.165, 1.54) is 19.3 Å². The van der Waals surface area contributed by atoms with E-state index < -0.39 is 0 Å². The van der Waals surface area contributed by atoms with Gasteiger partial charge in [0.25, 0.3) is 0 Å². The maximum Gasteiger partial charge on any atom is 0.123 e. The molecule has 0 aliphatic carbocycles. The first-order chi connectivity index (χ1) is 7.33. The Balaban J connectivity index is 1.57. The Kier molecular flexibility index (Phi) is 2.16. The van der Waals surface area contributed by atoms with Gasteiger partial charge in [-0.05, 0) is 25.2 Å². The van der Waals surface area contributed by atoms with Gasteiger partial charge in [0.2, 0.25) is 0 Å². The summed E-state index contributed by atoms with van der Waals surface area (Å²) in [5.41, 5.74) is 0. The molecule has 3 heterocycles. The second-order valence-corrected chi connectivity index (χ2v) is 4.76. The van der Waals surface area contributed by atoms with Crippen molar-refractivity contribution in [2.24, 2.45) is 13.0 Å². The molecule has 0 amide bonds. The quantitative estimate of drug-likeness (QED) is 0.774. The molecule has 0 spiro atoms. The van der Waals surface area contributed by atoms with Gasteiger partial charge < -0.3 is 10.6 Å². The van der Waals surface area contributed by atoms with Crippen LogP contribution in [0.4, 0.5) is 5.82 Å². The van der Waals surface area contributed by atoms with Crippen LogP contribution in [0.5, 0.6) is 0 Å².